The summed E-state index contributed by atoms with van der Waals surface area (Å²) in [5, 5.41) is 3.19. The van der Waals surface area contributed by atoms with Gasteiger partial charge in [0.15, 0.2) is 0 Å². The molecule has 0 aromatic heterocycles. The fourth-order valence-electron chi connectivity index (χ4n) is 2.03. The highest BCUT2D eigenvalue weighted by Gasteiger charge is 2.31. The van der Waals surface area contributed by atoms with Gasteiger partial charge < -0.3 is 24.4 Å². The van der Waals surface area contributed by atoms with Gasteiger partial charge in [-0.25, -0.2) is 0 Å². The van der Waals surface area contributed by atoms with Gasteiger partial charge in [-0.05, 0) is 6.42 Å². The Labute approximate surface area is 109 Å². The Balaban J connectivity index is 2.47. The van der Waals surface area contributed by atoms with Crippen LogP contribution in [0.2, 0.25) is 0 Å². The maximum absolute atomic E-state index is 12.3. The van der Waals surface area contributed by atoms with Crippen molar-refractivity contribution in [2.24, 2.45) is 0 Å². The van der Waals surface area contributed by atoms with Gasteiger partial charge in [-0.2, -0.15) is 0 Å². The number of carbonyl (C=O) groups is 1. The Bertz CT molecular complexity index is 242. The minimum atomic E-state index is -0.149. The smallest absolute Gasteiger partial charge is 0.239 e. The lowest BCUT2D eigenvalue weighted by atomic mass is 10.2. The van der Waals surface area contributed by atoms with Crippen molar-refractivity contribution in [1.29, 1.82) is 0 Å². The summed E-state index contributed by atoms with van der Waals surface area (Å²) in [6.45, 7) is 2.99. The SMILES string of the molecule is COCCN(CCOC)C(=O)C1CC(OC)CN1. The van der Waals surface area contributed by atoms with E-state index in [0.29, 0.717) is 26.3 Å². The number of nitrogens with one attached hydrogen (secondary N) is 1. The van der Waals surface area contributed by atoms with Gasteiger partial charge in [0.25, 0.3) is 0 Å². The lowest BCUT2D eigenvalue weighted by Gasteiger charge is -2.25. The molecule has 1 rings (SSSR count). The van der Waals surface area contributed by atoms with Gasteiger partial charge in [0.1, 0.15) is 0 Å². The van der Waals surface area contributed by atoms with E-state index in [2.05, 4.69) is 5.32 Å². The Kier molecular flexibility index (Phi) is 7.19. The first kappa shape index (κ1) is 15.4. The molecule has 1 heterocycles. The highest BCUT2D eigenvalue weighted by molar-refractivity contribution is 5.82. The standard InChI is InChI=1S/C12H24N2O4/c1-16-6-4-14(5-7-17-2)12(15)11-8-10(18-3)9-13-11/h10-11,13H,4-9H2,1-3H3. The molecule has 6 nitrogen and oxygen atoms in total. The van der Waals surface area contributed by atoms with Crippen LogP contribution in [0.15, 0.2) is 0 Å². The van der Waals surface area contributed by atoms with E-state index in [1.54, 1.807) is 26.2 Å². The third-order valence-corrected chi connectivity index (χ3v) is 3.16. The van der Waals surface area contributed by atoms with Crippen LogP contribution in [-0.2, 0) is 19.0 Å². The molecular formula is C12H24N2O4. The summed E-state index contributed by atoms with van der Waals surface area (Å²) in [7, 11) is 4.94. The largest absolute Gasteiger partial charge is 0.383 e. The maximum atomic E-state index is 12.3. The van der Waals surface area contributed by atoms with Gasteiger partial charge in [0.05, 0.1) is 25.4 Å². The predicted molar refractivity (Wildman–Crippen MR) is 67.5 cm³/mol. The molecule has 0 aromatic carbocycles. The topological polar surface area (TPSA) is 60.0 Å². The number of hydrogen-bond acceptors (Lipinski definition) is 5. The first-order valence-electron chi connectivity index (χ1n) is 6.25. The number of hydrogen-bond donors (Lipinski definition) is 1. The molecule has 1 saturated heterocycles. The van der Waals surface area contributed by atoms with E-state index in [0.717, 1.165) is 13.0 Å². The summed E-state index contributed by atoms with van der Waals surface area (Å²) < 4.78 is 15.3. The van der Waals surface area contributed by atoms with Gasteiger partial charge in [-0.3, -0.25) is 4.79 Å². The van der Waals surface area contributed by atoms with Crippen molar-refractivity contribution in [2.45, 2.75) is 18.6 Å². The van der Waals surface area contributed by atoms with Crippen molar-refractivity contribution in [3.8, 4) is 0 Å². The Hall–Kier alpha value is -0.690. The zero-order valence-corrected chi connectivity index (χ0v) is 11.5. The lowest BCUT2D eigenvalue weighted by molar-refractivity contribution is -0.134. The third kappa shape index (κ3) is 4.53. The Morgan fingerprint density at radius 2 is 1.83 bits per heavy atom. The molecule has 1 aliphatic rings. The molecular weight excluding hydrogens is 236 g/mol. The summed E-state index contributed by atoms with van der Waals surface area (Å²) in [6.07, 6.45) is 0.858. The second kappa shape index (κ2) is 8.42. The summed E-state index contributed by atoms with van der Waals surface area (Å²) in [6, 6.07) is -0.149. The number of carbonyl (C=O) groups excluding carboxylic acids is 1. The quantitative estimate of drug-likeness (QED) is 0.636. The van der Waals surface area contributed by atoms with E-state index in [1.807, 2.05) is 0 Å². The monoisotopic (exact) mass is 260 g/mol. The third-order valence-electron chi connectivity index (χ3n) is 3.16. The molecule has 0 aromatic rings. The lowest BCUT2D eigenvalue weighted by Crippen LogP contribution is -2.46. The number of amides is 1. The van der Waals surface area contributed by atoms with Crippen LogP contribution in [0.25, 0.3) is 0 Å². The van der Waals surface area contributed by atoms with Gasteiger partial charge in [0.2, 0.25) is 5.91 Å². The van der Waals surface area contributed by atoms with Crippen molar-refractivity contribution in [1.82, 2.24) is 10.2 Å². The average Bonchev–Trinajstić information content (AvgIpc) is 2.87. The predicted octanol–water partition coefficient (Wildman–Crippen LogP) is -0.515. The van der Waals surface area contributed by atoms with Crippen LogP contribution in [0.5, 0.6) is 0 Å². The molecule has 0 aliphatic carbocycles. The van der Waals surface area contributed by atoms with E-state index < -0.39 is 0 Å². The number of rotatable bonds is 8. The van der Waals surface area contributed by atoms with E-state index in [-0.39, 0.29) is 18.1 Å². The highest BCUT2D eigenvalue weighted by atomic mass is 16.5. The molecule has 0 saturated carbocycles. The van der Waals surface area contributed by atoms with Crippen LogP contribution in [0.4, 0.5) is 0 Å². The van der Waals surface area contributed by atoms with Crippen LogP contribution < -0.4 is 5.32 Å². The van der Waals surface area contributed by atoms with Crippen LogP contribution in [0, 0.1) is 0 Å². The second-order valence-electron chi connectivity index (χ2n) is 4.37. The summed E-state index contributed by atoms with van der Waals surface area (Å²) >= 11 is 0. The minimum Gasteiger partial charge on any atom is -0.383 e. The molecule has 6 heteroatoms. The molecule has 18 heavy (non-hydrogen) atoms. The summed E-state index contributed by atoms with van der Waals surface area (Å²) in [4.78, 5) is 14.1. The molecule has 1 N–H and O–H groups in total. The number of methoxy groups -OCH3 is 3. The molecule has 1 fully saturated rings. The fraction of sp³-hybridized carbons (Fsp3) is 0.917. The van der Waals surface area contributed by atoms with Crippen LogP contribution in [-0.4, -0.2) is 77.1 Å². The zero-order chi connectivity index (χ0) is 13.4. The van der Waals surface area contributed by atoms with E-state index in [4.69, 9.17) is 14.2 Å². The van der Waals surface area contributed by atoms with Gasteiger partial charge in [0, 0.05) is 41.0 Å². The maximum Gasteiger partial charge on any atom is 0.239 e. The molecule has 1 amide bonds. The van der Waals surface area contributed by atoms with Gasteiger partial charge >= 0.3 is 0 Å². The molecule has 0 radical (unpaired) electrons. The van der Waals surface area contributed by atoms with Crippen molar-refractivity contribution < 1.29 is 19.0 Å². The molecule has 106 valence electrons. The Morgan fingerprint density at radius 3 is 2.28 bits per heavy atom. The zero-order valence-electron chi connectivity index (χ0n) is 11.5. The van der Waals surface area contributed by atoms with Gasteiger partial charge in [-0.1, -0.05) is 0 Å². The first-order chi connectivity index (χ1) is 8.72. The number of ether oxygens (including phenoxy) is 3. The molecule has 2 atom stereocenters. The highest BCUT2D eigenvalue weighted by Crippen LogP contribution is 2.12. The van der Waals surface area contributed by atoms with Crippen molar-refractivity contribution in [2.75, 3.05) is 54.2 Å². The number of nitrogens with zero attached hydrogens (tertiary/aromatic N) is 1. The van der Waals surface area contributed by atoms with Crippen molar-refractivity contribution in [3.05, 3.63) is 0 Å². The normalized spacial score (nSPS) is 23.3. The molecule has 2 unspecified atom stereocenters. The molecule has 1 aliphatic heterocycles. The molecule has 0 bridgehead atoms. The van der Waals surface area contributed by atoms with E-state index >= 15 is 0 Å². The first-order valence-corrected chi connectivity index (χ1v) is 6.25. The van der Waals surface area contributed by atoms with Gasteiger partial charge in [-0.15, -0.1) is 0 Å². The van der Waals surface area contributed by atoms with E-state index in [9.17, 15) is 4.79 Å². The van der Waals surface area contributed by atoms with Crippen LogP contribution in [0.1, 0.15) is 6.42 Å². The second-order valence-corrected chi connectivity index (χ2v) is 4.37. The van der Waals surface area contributed by atoms with E-state index in [1.165, 1.54) is 0 Å². The Morgan fingerprint density at radius 1 is 1.22 bits per heavy atom. The summed E-state index contributed by atoms with van der Waals surface area (Å²) in [5.41, 5.74) is 0. The summed E-state index contributed by atoms with van der Waals surface area (Å²) in [5.74, 6) is 0.101. The minimum absolute atomic E-state index is 0.101. The van der Waals surface area contributed by atoms with Crippen LogP contribution in [0.3, 0.4) is 0 Å². The van der Waals surface area contributed by atoms with Crippen LogP contribution >= 0.6 is 0 Å². The average molecular weight is 260 g/mol. The molecule has 0 spiro atoms. The fourth-order valence-corrected chi connectivity index (χ4v) is 2.03. The van der Waals surface area contributed by atoms with Crippen molar-refractivity contribution >= 4 is 5.91 Å². The van der Waals surface area contributed by atoms with Crippen molar-refractivity contribution in [3.63, 3.8) is 0 Å².